The maximum Gasteiger partial charge on any atom is 0.279 e. The van der Waals surface area contributed by atoms with Gasteiger partial charge in [0.15, 0.2) is 6.10 Å². The highest BCUT2D eigenvalue weighted by Gasteiger charge is 2.19. The first-order valence-electron chi connectivity index (χ1n) is 8.05. The van der Waals surface area contributed by atoms with Gasteiger partial charge in [-0.3, -0.25) is 20.4 Å². The maximum absolute atomic E-state index is 12.8. The lowest BCUT2D eigenvalue weighted by atomic mass is 9.87. The van der Waals surface area contributed by atoms with Gasteiger partial charge in [0, 0.05) is 6.42 Å². The van der Waals surface area contributed by atoms with Gasteiger partial charge >= 0.3 is 0 Å². The van der Waals surface area contributed by atoms with E-state index < -0.39 is 12.0 Å². The fraction of sp³-hybridized carbons (Fsp3) is 0.529. The van der Waals surface area contributed by atoms with Crippen molar-refractivity contribution in [2.75, 3.05) is 0 Å². The molecule has 0 aliphatic heterocycles. The van der Waals surface area contributed by atoms with Crippen molar-refractivity contribution in [2.24, 2.45) is 5.92 Å². The van der Waals surface area contributed by atoms with Crippen LogP contribution in [0.15, 0.2) is 24.3 Å². The van der Waals surface area contributed by atoms with E-state index in [1.807, 2.05) is 0 Å². The van der Waals surface area contributed by atoms with Gasteiger partial charge < -0.3 is 4.74 Å². The number of rotatable bonds is 5. The minimum absolute atomic E-state index is 0.181. The summed E-state index contributed by atoms with van der Waals surface area (Å²) in [5.74, 6) is -0.203. The number of hydrogen-bond acceptors (Lipinski definition) is 3. The largest absolute Gasteiger partial charge is 0.481 e. The number of nitrogens with one attached hydrogen (secondary N) is 2. The highest BCUT2D eigenvalue weighted by Crippen LogP contribution is 2.25. The Labute approximate surface area is 135 Å². The smallest absolute Gasteiger partial charge is 0.279 e. The molecule has 1 fully saturated rings. The van der Waals surface area contributed by atoms with Crippen molar-refractivity contribution >= 4 is 11.8 Å². The number of carbonyl (C=O) groups excluding carboxylic acids is 2. The SMILES string of the molecule is CC(Oc1ccc(F)cc1)C(=O)NNC(=O)CC1CCCCC1. The Balaban J connectivity index is 1.70. The molecule has 126 valence electrons. The predicted octanol–water partition coefficient (Wildman–Crippen LogP) is 2.71. The molecule has 0 heterocycles. The number of hydrogen-bond donors (Lipinski definition) is 2. The van der Waals surface area contributed by atoms with Crippen LogP contribution in [0.2, 0.25) is 0 Å². The fourth-order valence-corrected chi connectivity index (χ4v) is 2.71. The first kappa shape index (κ1) is 17.2. The fourth-order valence-electron chi connectivity index (χ4n) is 2.71. The Morgan fingerprint density at radius 1 is 1.17 bits per heavy atom. The summed E-state index contributed by atoms with van der Waals surface area (Å²) in [4.78, 5) is 23.7. The van der Waals surface area contributed by atoms with E-state index in [9.17, 15) is 14.0 Å². The van der Waals surface area contributed by atoms with Crippen LogP contribution in [0.5, 0.6) is 5.75 Å². The van der Waals surface area contributed by atoms with Gasteiger partial charge in [-0.2, -0.15) is 0 Å². The van der Waals surface area contributed by atoms with Crippen molar-refractivity contribution in [3.8, 4) is 5.75 Å². The van der Waals surface area contributed by atoms with Gasteiger partial charge in [0.25, 0.3) is 5.91 Å². The van der Waals surface area contributed by atoms with Crippen LogP contribution in [0.1, 0.15) is 45.4 Å². The molecule has 0 saturated heterocycles. The van der Waals surface area contributed by atoms with Gasteiger partial charge in [-0.05, 0) is 49.9 Å². The van der Waals surface area contributed by atoms with Crippen LogP contribution in [0, 0.1) is 11.7 Å². The summed E-state index contributed by atoms with van der Waals surface area (Å²) in [5, 5.41) is 0. The molecule has 1 aliphatic rings. The highest BCUT2D eigenvalue weighted by atomic mass is 19.1. The standard InChI is InChI=1S/C17H23FN2O3/c1-12(23-15-9-7-14(18)8-10-15)17(22)20-19-16(21)11-13-5-3-2-4-6-13/h7-10,12-13H,2-6,11H2,1H3,(H,19,21)(H,20,22). The minimum Gasteiger partial charge on any atom is -0.481 e. The molecule has 1 unspecified atom stereocenters. The van der Waals surface area contributed by atoms with Crippen LogP contribution >= 0.6 is 0 Å². The second-order valence-electron chi connectivity index (χ2n) is 5.96. The average Bonchev–Trinajstić information content (AvgIpc) is 2.55. The normalized spacial score (nSPS) is 16.4. The van der Waals surface area contributed by atoms with Crippen LogP contribution in [0.3, 0.4) is 0 Å². The molecule has 1 saturated carbocycles. The van der Waals surface area contributed by atoms with E-state index in [0.29, 0.717) is 18.1 Å². The van der Waals surface area contributed by atoms with Gasteiger partial charge in [-0.15, -0.1) is 0 Å². The molecular formula is C17H23FN2O3. The first-order chi connectivity index (χ1) is 11.0. The molecule has 5 nitrogen and oxygen atoms in total. The van der Waals surface area contributed by atoms with E-state index in [2.05, 4.69) is 10.9 Å². The lowest BCUT2D eigenvalue weighted by Crippen LogP contribution is -2.47. The number of amides is 2. The van der Waals surface area contributed by atoms with E-state index in [0.717, 1.165) is 12.8 Å². The molecule has 1 atom stereocenters. The predicted molar refractivity (Wildman–Crippen MR) is 84.0 cm³/mol. The lowest BCUT2D eigenvalue weighted by molar-refractivity contribution is -0.133. The second kappa shape index (κ2) is 8.50. The van der Waals surface area contributed by atoms with E-state index in [1.165, 1.54) is 43.5 Å². The molecule has 1 aromatic rings. The molecule has 2 rings (SSSR count). The number of hydrazine groups is 1. The minimum atomic E-state index is -0.796. The second-order valence-corrected chi connectivity index (χ2v) is 5.96. The van der Waals surface area contributed by atoms with Crippen molar-refractivity contribution in [1.29, 1.82) is 0 Å². The van der Waals surface area contributed by atoms with Crippen molar-refractivity contribution in [3.05, 3.63) is 30.1 Å². The van der Waals surface area contributed by atoms with Crippen molar-refractivity contribution in [2.45, 2.75) is 51.6 Å². The van der Waals surface area contributed by atoms with Crippen LogP contribution in [0.25, 0.3) is 0 Å². The van der Waals surface area contributed by atoms with Crippen LogP contribution in [-0.4, -0.2) is 17.9 Å². The summed E-state index contributed by atoms with van der Waals surface area (Å²) in [7, 11) is 0. The summed E-state index contributed by atoms with van der Waals surface area (Å²) in [6.07, 6.45) is 5.38. The van der Waals surface area contributed by atoms with Crippen LogP contribution in [0.4, 0.5) is 4.39 Å². The maximum atomic E-state index is 12.8. The Kier molecular flexibility index (Phi) is 6.38. The van der Waals surface area contributed by atoms with Crippen molar-refractivity contribution in [1.82, 2.24) is 10.9 Å². The van der Waals surface area contributed by atoms with Gasteiger partial charge in [0.2, 0.25) is 5.91 Å². The third-order valence-electron chi connectivity index (χ3n) is 4.02. The Hall–Kier alpha value is -2.11. The Morgan fingerprint density at radius 3 is 2.48 bits per heavy atom. The summed E-state index contributed by atoms with van der Waals surface area (Å²) in [6.45, 7) is 1.56. The summed E-state index contributed by atoms with van der Waals surface area (Å²) >= 11 is 0. The summed E-state index contributed by atoms with van der Waals surface area (Å²) in [5.41, 5.74) is 4.79. The van der Waals surface area contributed by atoms with Gasteiger partial charge in [-0.1, -0.05) is 19.3 Å². The zero-order chi connectivity index (χ0) is 16.7. The van der Waals surface area contributed by atoms with E-state index >= 15 is 0 Å². The van der Waals surface area contributed by atoms with Crippen LogP contribution < -0.4 is 15.6 Å². The lowest BCUT2D eigenvalue weighted by Gasteiger charge is -2.21. The molecule has 23 heavy (non-hydrogen) atoms. The van der Waals surface area contributed by atoms with Gasteiger partial charge in [0.05, 0.1) is 0 Å². The number of ether oxygens (including phenoxy) is 1. The molecule has 0 aromatic heterocycles. The monoisotopic (exact) mass is 322 g/mol. The quantitative estimate of drug-likeness (QED) is 0.819. The molecule has 0 bridgehead atoms. The summed E-state index contributed by atoms with van der Waals surface area (Å²) < 4.78 is 18.2. The molecule has 0 spiro atoms. The third-order valence-corrected chi connectivity index (χ3v) is 4.02. The molecule has 1 aliphatic carbocycles. The Morgan fingerprint density at radius 2 is 1.83 bits per heavy atom. The van der Waals surface area contributed by atoms with Gasteiger partial charge in [-0.25, -0.2) is 4.39 Å². The van der Waals surface area contributed by atoms with E-state index in [1.54, 1.807) is 6.92 Å². The zero-order valence-corrected chi connectivity index (χ0v) is 13.3. The molecule has 0 radical (unpaired) electrons. The molecule has 2 amide bonds. The number of benzene rings is 1. The number of halogens is 1. The highest BCUT2D eigenvalue weighted by molar-refractivity contribution is 5.84. The molecular weight excluding hydrogens is 299 g/mol. The average molecular weight is 322 g/mol. The topological polar surface area (TPSA) is 67.4 Å². The van der Waals surface area contributed by atoms with Crippen LogP contribution in [-0.2, 0) is 9.59 Å². The molecule has 6 heteroatoms. The number of carbonyl (C=O) groups is 2. The van der Waals surface area contributed by atoms with Gasteiger partial charge in [0.1, 0.15) is 11.6 Å². The third kappa shape index (κ3) is 5.88. The Bertz CT molecular complexity index is 527. The molecule has 1 aromatic carbocycles. The zero-order valence-electron chi connectivity index (χ0n) is 13.3. The van der Waals surface area contributed by atoms with Crippen molar-refractivity contribution in [3.63, 3.8) is 0 Å². The van der Waals surface area contributed by atoms with E-state index in [4.69, 9.17) is 4.74 Å². The van der Waals surface area contributed by atoms with E-state index in [-0.39, 0.29) is 11.7 Å². The first-order valence-corrected chi connectivity index (χ1v) is 8.05. The summed E-state index contributed by atoms with van der Waals surface area (Å²) in [6, 6.07) is 5.40. The molecule has 2 N–H and O–H groups in total. The van der Waals surface area contributed by atoms with Crippen molar-refractivity contribution < 1.29 is 18.7 Å².